The first kappa shape index (κ1) is 22.2. The first-order valence-corrected chi connectivity index (χ1v) is 15.0. The fourth-order valence-electron chi connectivity index (χ4n) is 11.4. The second kappa shape index (κ2) is 8.23. The van der Waals surface area contributed by atoms with Crippen LogP contribution < -0.4 is 10.6 Å². The molecular formula is C30H48N4. The fraction of sp³-hybridized carbons (Fsp3) is 0.933. The summed E-state index contributed by atoms with van der Waals surface area (Å²) in [6.07, 6.45) is 22.7. The molecule has 0 aromatic carbocycles. The summed E-state index contributed by atoms with van der Waals surface area (Å²) in [5, 5.41) is 8.29. The van der Waals surface area contributed by atoms with E-state index in [1.807, 2.05) is 14.1 Å². The van der Waals surface area contributed by atoms with Gasteiger partial charge in [0.2, 0.25) is 0 Å². The Morgan fingerprint density at radius 2 is 0.765 bits per heavy atom. The van der Waals surface area contributed by atoms with Gasteiger partial charge in [0.25, 0.3) is 0 Å². The molecule has 0 atom stereocenters. The smallest absolute Gasteiger partial charge is 0.0995 e. The first-order chi connectivity index (χ1) is 16.5. The molecule has 2 N–H and O–H groups in total. The van der Waals surface area contributed by atoms with E-state index in [1.54, 1.807) is 0 Å². The highest BCUT2D eigenvalue weighted by atomic mass is 15.1. The zero-order valence-corrected chi connectivity index (χ0v) is 21.8. The molecule has 8 bridgehead atoms. The van der Waals surface area contributed by atoms with Crippen LogP contribution in [0.1, 0.15) is 103 Å². The zero-order valence-electron chi connectivity index (χ0n) is 21.8. The lowest BCUT2D eigenvalue weighted by Crippen LogP contribution is -2.61. The molecule has 9 rings (SSSR count). The molecule has 9 fully saturated rings. The average Bonchev–Trinajstić information content (AvgIpc) is 2.79. The van der Waals surface area contributed by atoms with Crippen molar-refractivity contribution >= 4 is 11.7 Å². The van der Waals surface area contributed by atoms with E-state index >= 15 is 0 Å². The Kier molecular flexibility index (Phi) is 5.37. The molecule has 4 nitrogen and oxygen atoms in total. The highest BCUT2D eigenvalue weighted by Crippen LogP contribution is 2.57. The monoisotopic (exact) mass is 464 g/mol. The van der Waals surface area contributed by atoms with Gasteiger partial charge < -0.3 is 10.6 Å². The molecule has 0 aromatic heterocycles. The maximum Gasteiger partial charge on any atom is 0.0995 e. The maximum atomic E-state index is 4.88. The van der Waals surface area contributed by atoms with Crippen LogP contribution in [0, 0.1) is 47.3 Å². The lowest BCUT2D eigenvalue weighted by Gasteiger charge is -2.58. The molecular weight excluding hydrogens is 416 g/mol. The summed E-state index contributed by atoms with van der Waals surface area (Å²) < 4.78 is 0. The SMILES string of the molecule is CN=C(NC12CC3CC(CC(C3)C1)C2)C1CCC(C(=NC)NC23CC4CC(CC(C4)C2)C3)CC1. The Balaban J connectivity index is 0.980. The van der Waals surface area contributed by atoms with Crippen LogP contribution in [0.25, 0.3) is 0 Å². The van der Waals surface area contributed by atoms with Crippen molar-refractivity contribution in [2.45, 2.75) is 114 Å². The Bertz CT molecular complexity index is 707. The van der Waals surface area contributed by atoms with Crippen LogP contribution in [0.4, 0.5) is 0 Å². The van der Waals surface area contributed by atoms with Crippen molar-refractivity contribution < 1.29 is 0 Å². The zero-order chi connectivity index (χ0) is 22.9. The van der Waals surface area contributed by atoms with Crippen LogP contribution in [0.5, 0.6) is 0 Å². The van der Waals surface area contributed by atoms with E-state index in [2.05, 4.69) is 10.6 Å². The summed E-state index contributed by atoms with van der Waals surface area (Å²) in [4.78, 5) is 9.77. The van der Waals surface area contributed by atoms with Crippen LogP contribution >= 0.6 is 0 Å². The van der Waals surface area contributed by atoms with Gasteiger partial charge in [-0.1, -0.05) is 0 Å². The molecule has 0 amide bonds. The lowest BCUT2D eigenvalue weighted by molar-refractivity contribution is -0.0115. The van der Waals surface area contributed by atoms with Gasteiger partial charge in [0.1, 0.15) is 0 Å². The Morgan fingerprint density at radius 3 is 1.00 bits per heavy atom. The number of nitrogens with one attached hydrogen (secondary N) is 2. The van der Waals surface area contributed by atoms with Gasteiger partial charge in [-0.05, 0) is 138 Å². The Hall–Kier alpha value is -1.06. The molecule has 34 heavy (non-hydrogen) atoms. The third-order valence-electron chi connectivity index (χ3n) is 11.8. The van der Waals surface area contributed by atoms with Crippen LogP contribution in [0.2, 0.25) is 0 Å². The van der Waals surface area contributed by atoms with Crippen molar-refractivity contribution in [3.8, 4) is 0 Å². The summed E-state index contributed by atoms with van der Waals surface area (Å²) in [7, 11) is 4.09. The van der Waals surface area contributed by atoms with Crippen LogP contribution in [0.15, 0.2) is 9.98 Å². The molecule has 0 aliphatic heterocycles. The van der Waals surface area contributed by atoms with E-state index in [0.717, 1.165) is 35.5 Å². The molecule has 4 heteroatoms. The molecule has 9 aliphatic carbocycles. The molecule has 0 aromatic rings. The fourth-order valence-corrected chi connectivity index (χ4v) is 11.4. The molecule has 0 unspecified atom stereocenters. The number of hydrogen-bond acceptors (Lipinski definition) is 2. The van der Waals surface area contributed by atoms with Crippen LogP contribution in [0.3, 0.4) is 0 Å². The van der Waals surface area contributed by atoms with E-state index in [9.17, 15) is 0 Å². The second-order valence-corrected chi connectivity index (χ2v) is 14.4. The largest absolute Gasteiger partial charge is 0.368 e. The lowest BCUT2D eigenvalue weighted by atomic mass is 9.53. The summed E-state index contributed by atoms with van der Waals surface area (Å²) >= 11 is 0. The normalized spacial score (nSPS) is 51.7. The van der Waals surface area contributed by atoms with Crippen molar-refractivity contribution in [2.24, 2.45) is 57.3 Å². The van der Waals surface area contributed by atoms with E-state index in [-0.39, 0.29) is 0 Å². The van der Waals surface area contributed by atoms with Gasteiger partial charge in [-0.25, -0.2) is 0 Å². The van der Waals surface area contributed by atoms with Gasteiger partial charge in [0.05, 0.1) is 11.7 Å². The number of nitrogens with zero attached hydrogens (tertiary/aromatic N) is 2. The maximum absolute atomic E-state index is 4.88. The summed E-state index contributed by atoms with van der Waals surface area (Å²) in [6, 6.07) is 0. The molecule has 0 spiro atoms. The quantitative estimate of drug-likeness (QED) is 0.398. The Labute approximate surface area is 207 Å². The molecule has 0 saturated heterocycles. The predicted octanol–water partition coefficient (Wildman–Crippen LogP) is 5.97. The van der Waals surface area contributed by atoms with Crippen molar-refractivity contribution in [2.75, 3.05) is 14.1 Å². The van der Waals surface area contributed by atoms with Crippen molar-refractivity contribution in [3.63, 3.8) is 0 Å². The van der Waals surface area contributed by atoms with Crippen LogP contribution in [-0.2, 0) is 0 Å². The topological polar surface area (TPSA) is 48.8 Å². The minimum atomic E-state index is 0.385. The van der Waals surface area contributed by atoms with E-state index in [0.29, 0.717) is 22.9 Å². The summed E-state index contributed by atoms with van der Waals surface area (Å²) in [5.41, 5.74) is 0.771. The van der Waals surface area contributed by atoms with Gasteiger partial charge in [0.15, 0.2) is 0 Å². The number of rotatable bonds is 4. The van der Waals surface area contributed by atoms with Crippen molar-refractivity contribution in [3.05, 3.63) is 0 Å². The van der Waals surface area contributed by atoms with Crippen molar-refractivity contribution in [1.29, 1.82) is 0 Å². The molecule has 0 radical (unpaired) electrons. The van der Waals surface area contributed by atoms with Crippen LogP contribution in [-0.4, -0.2) is 36.8 Å². The first-order valence-electron chi connectivity index (χ1n) is 15.0. The van der Waals surface area contributed by atoms with Gasteiger partial charge in [-0.15, -0.1) is 0 Å². The molecule has 9 aliphatic rings. The minimum Gasteiger partial charge on any atom is -0.368 e. The van der Waals surface area contributed by atoms with E-state index in [1.165, 1.54) is 114 Å². The molecule has 188 valence electrons. The number of aliphatic imine (C=N–C) groups is 2. The van der Waals surface area contributed by atoms with Gasteiger partial charge in [-0.2, -0.15) is 0 Å². The summed E-state index contributed by atoms with van der Waals surface area (Å²) in [6.45, 7) is 0. The Morgan fingerprint density at radius 1 is 0.500 bits per heavy atom. The van der Waals surface area contributed by atoms with E-state index < -0.39 is 0 Å². The standard InChI is InChI=1S/C30H48N4/c1-31-27(33-29-13-19-7-20(14-29)9-21(8-19)15-29)25-3-5-26(6-4-25)28(32-2)34-30-16-22-10-23(17-30)12-24(11-22)18-30/h19-26H,3-18H2,1-2H3,(H,31,33)(H,32,34). The number of amidine groups is 2. The highest BCUT2D eigenvalue weighted by molar-refractivity contribution is 5.87. The highest BCUT2D eigenvalue weighted by Gasteiger charge is 2.53. The summed E-state index contributed by atoms with van der Waals surface area (Å²) in [5.74, 6) is 9.92. The minimum absolute atomic E-state index is 0.385. The predicted molar refractivity (Wildman–Crippen MR) is 140 cm³/mol. The third kappa shape index (κ3) is 3.84. The van der Waals surface area contributed by atoms with Gasteiger partial charge in [0, 0.05) is 37.0 Å². The van der Waals surface area contributed by atoms with Crippen molar-refractivity contribution in [1.82, 2.24) is 10.6 Å². The average molecular weight is 465 g/mol. The van der Waals surface area contributed by atoms with Gasteiger partial charge >= 0.3 is 0 Å². The molecule has 9 saturated carbocycles. The third-order valence-corrected chi connectivity index (χ3v) is 11.8. The molecule has 0 heterocycles. The van der Waals surface area contributed by atoms with Gasteiger partial charge in [-0.3, -0.25) is 9.98 Å². The number of hydrogen-bond donors (Lipinski definition) is 2. The van der Waals surface area contributed by atoms with E-state index in [4.69, 9.17) is 9.98 Å². The second-order valence-electron chi connectivity index (χ2n) is 14.4.